The molecule has 0 aromatic carbocycles. The molecular formula is C10H12F3N3O2S. The Morgan fingerprint density at radius 2 is 2.21 bits per heavy atom. The van der Waals surface area contributed by atoms with Gasteiger partial charge in [-0.15, -0.1) is 0 Å². The van der Waals surface area contributed by atoms with Crippen LogP contribution in [0.15, 0.2) is 10.9 Å². The quantitative estimate of drug-likeness (QED) is 0.840. The van der Waals surface area contributed by atoms with Crippen LogP contribution in [0.5, 0.6) is 6.01 Å². The van der Waals surface area contributed by atoms with Crippen LogP contribution >= 0.6 is 12.2 Å². The number of aryl methyl sites for hydroxylation is 1. The standard InChI is InChI=1S/C10H12F3N3O2S/c1-5-3-7(17)16(9(15-5)18-2)4-6(8(14)19)10(11,12)13/h3,6H,4H2,1-2H3,(H2,14,19). The average molecular weight is 295 g/mol. The molecule has 19 heavy (non-hydrogen) atoms. The largest absolute Gasteiger partial charge is 0.468 e. The molecule has 0 saturated heterocycles. The van der Waals surface area contributed by atoms with Crippen molar-refractivity contribution in [2.24, 2.45) is 11.7 Å². The van der Waals surface area contributed by atoms with E-state index in [-0.39, 0.29) is 6.01 Å². The van der Waals surface area contributed by atoms with Gasteiger partial charge in [-0.1, -0.05) is 12.2 Å². The number of hydrogen-bond acceptors (Lipinski definition) is 4. The van der Waals surface area contributed by atoms with Gasteiger partial charge in [0.25, 0.3) is 11.6 Å². The molecule has 0 saturated carbocycles. The van der Waals surface area contributed by atoms with Crippen LogP contribution in [-0.2, 0) is 6.54 Å². The minimum Gasteiger partial charge on any atom is -0.468 e. The molecule has 1 heterocycles. The first-order valence-corrected chi connectivity index (χ1v) is 5.56. The van der Waals surface area contributed by atoms with Gasteiger partial charge in [-0.05, 0) is 6.92 Å². The second-order valence-electron chi connectivity index (χ2n) is 3.83. The van der Waals surface area contributed by atoms with Gasteiger partial charge in [0.2, 0.25) is 0 Å². The Labute approximate surface area is 112 Å². The Hall–Kier alpha value is -1.64. The second kappa shape index (κ2) is 5.55. The summed E-state index contributed by atoms with van der Waals surface area (Å²) in [5, 5.41) is 0. The summed E-state index contributed by atoms with van der Waals surface area (Å²) in [6, 6.07) is 0.894. The molecule has 9 heteroatoms. The van der Waals surface area contributed by atoms with Crippen LogP contribution in [0.25, 0.3) is 0 Å². The predicted molar refractivity (Wildman–Crippen MR) is 66.1 cm³/mol. The number of rotatable bonds is 4. The topological polar surface area (TPSA) is 70.1 Å². The monoisotopic (exact) mass is 295 g/mol. The van der Waals surface area contributed by atoms with E-state index in [4.69, 9.17) is 10.5 Å². The fourth-order valence-electron chi connectivity index (χ4n) is 1.46. The first-order chi connectivity index (χ1) is 8.66. The molecule has 0 aliphatic carbocycles. The van der Waals surface area contributed by atoms with E-state index in [2.05, 4.69) is 17.2 Å². The molecule has 1 aromatic rings. The molecule has 0 aliphatic rings. The highest BCUT2D eigenvalue weighted by Gasteiger charge is 2.42. The van der Waals surface area contributed by atoms with Crippen LogP contribution in [0.2, 0.25) is 0 Å². The van der Waals surface area contributed by atoms with Crippen molar-refractivity contribution >= 4 is 17.2 Å². The van der Waals surface area contributed by atoms with Crippen LogP contribution in [0.1, 0.15) is 5.69 Å². The van der Waals surface area contributed by atoms with Gasteiger partial charge >= 0.3 is 6.18 Å². The number of halogens is 3. The summed E-state index contributed by atoms with van der Waals surface area (Å²) < 4.78 is 43.8. The first kappa shape index (κ1) is 15.4. The van der Waals surface area contributed by atoms with Crippen LogP contribution in [-0.4, -0.2) is 27.8 Å². The zero-order valence-corrected chi connectivity index (χ0v) is 11.0. The van der Waals surface area contributed by atoms with Crippen LogP contribution in [0.4, 0.5) is 13.2 Å². The number of methoxy groups -OCH3 is 1. The molecule has 0 aliphatic heterocycles. The smallest absolute Gasteiger partial charge is 0.399 e. The van der Waals surface area contributed by atoms with E-state index in [0.717, 1.165) is 10.6 Å². The van der Waals surface area contributed by atoms with Gasteiger partial charge in [-0.3, -0.25) is 9.36 Å². The highest BCUT2D eigenvalue weighted by Crippen LogP contribution is 2.28. The Morgan fingerprint density at radius 3 is 2.63 bits per heavy atom. The lowest BCUT2D eigenvalue weighted by Crippen LogP contribution is -2.40. The number of thiocarbonyl (C=S) groups is 1. The molecule has 0 fully saturated rings. The average Bonchev–Trinajstić information content (AvgIpc) is 2.24. The maximum atomic E-state index is 12.8. The van der Waals surface area contributed by atoms with Gasteiger partial charge in [0.05, 0.1) is 12.1 Å². The van der Waals surface area contributed by atoms with E-state index in [9.17, 15) is 18.0 Å². The molecule has 0 bridgehead atoms. The molecule has 1 unspecified atom stereocenters. The summed E-state index contributed by atoms with van der Waals surface area (Å²) in [7, 11) is 1.21. The van der Waals surface area contributed by atoms with Crippen molar-refractivity contribution in [3.8, 4) is 6.01 Å². The molecule has 1 atom stereocenters. The van der Waals surface area contributed by atoms with E-state index >= 15 is 0 Å². The first-order valence-electron chi connectivity index (χ1n) is 5.15. The third-order valence-corrected chi connectivity index (χ3v) is 2.67. The fraction of sp³-hybridized carbons (Fsp3) is 0.500. The van der Waals surface area contributed by atoms with E-state index in [0.29, 0.717) is 5.69 Å². The Balaban J connectivity index is 3.24. The van der Waals surface area contributed by atoms with Crippen LogP contribution in [0, 0.1) is 12.8 Å². The Bertz CT molecular complexity index is 542. The van der Waals surface area contributed by atoms with E-state index in [1.807, 2.05) is 0 Å². The lowest BCUT2D eigenvalue weighted by atomic mass is 10.1. The normalized spacial score (nSPS) is 13.1. The minimum atomic E-state index is -4.64. The summed E-state index contributed by atoms with van der Waals surface area (Å²) >= 11 is 4.39. The number of aromatic nitrogens is 2. The second-order valence-corrected chi connectivity index (χ2v) is 4.30. The molecule has 0 amide bonds. The molecule has 1 rings (SSSR count). The predicted octanol–water partition coefficient (Wildman–Crippen LogP) is 1.02. The maximum absolute atomic E-state index is 12.8. The van der Waals surface area contributed by atoms with Crippen molar-refractivity contribution in [1.82, 2.24) is 9.55 Å². The highest BCUT2D eigenvalue weighted by atomic mass is 32.1. The summed E-state index contributed by atoms with van der Waals surface area (Å²) in [6.45, 7) is 0.775. The zero-order chi connectivity index (χ0) is 14.8. The fourth-order valence-corrected chi connectivity index (χ4v) is 1.66. The van der Waals surface area contributed by atoms with Gasteiger partial charge in [0.15, 0.2) is 0 Å². The van der Waals surface area contributed by atoms with Crippen molar-refractivity contribution in [1.29, 1.82) is 0 Å². The van der Waals surface area contributed by atoms with Crippen LogP contribution < -0.4 is 16.0 Å². The molecule has 0 radical (unpaired) electrons. The van der Waals surface area contributed by atoms with Crippen molar-refractivity contribution in [2.75, 3.05) is 7.11 Å². The highest BCUT2D eigenvalue weighted by molar-refractivity contribution is 7.80. The lowest BCUT2D eigenvalue weighted by Gasteiger charge is -2.20. The molecule has 2 N–H and O–H groups in total. The van der Waals surface area contributed by atoms with E-state index in [1.54, 1.807) is 0 Å². The SMILES string of the molecule is COc1nc(C)cc(=O)n1CC(C(N)=S)C(F)(F)F. The van der Waals surface area contributed by atoms with E-state index in [1.165, 1.54) is 14.0 Å². The van der Waals surface area contributed by atoms with Gasteiger partial charge in [0.1, 0.15) is 5.92 Å². The Morgan fingerprint density at radius 1 is 1.63 bits per heavy atom. The lowest BCUT2D eigenvalue weighted by molar-refractivity contribution is -0.158. The maximum Gasteiger partial charge on any atom is 0.399 e. The van der Waals surface area contributed by atoms with Crippen LogP contribution in [0.3, 0.4) is 0 Å². The number of alkyl halides is 3. The number of nitrogens with zero attached hydrogens (tertiary/aromatic N) is 2. The molecule has 5 nitrogen and oxygen atoms in total. The minimum absolute atomic E-state index is 0.213. The van der Waals surface area contributed by atoms with Gasteiger partial charge in [-0.2, -0.15) is 13.2 Å². The van der Waals surface area contributed by atoms with Gasteiger partial charge < -0.3 is 10.5 Å². The van der Waals surface area contributed by atoms with Crippen molar-refractivity contribution < 1.29 is 17.9 Å². The summed E-state index contributed by atoms with van der Waals surface area (Å²) in [5.74, 6) is -2.11. The van der Waals surface area contributed by atoms with Crippen molar-refractivity contribution in [2.45, 2.75) is 19.6 Å². The molecule has 1 aromatic heterocycles. The van der Waals surface area contributed by atoms with E-state index < -0.39 is 29.2 Å². The zero-order valence-electron chi connectivity index (χ0n) is 10.2. The van der Waals surface area contributed by atoms with Crippen molar-refractivity contribution in [3.05, 3.63) is 22.1 Å². The molecule has 106 valence electrons. The summed E-state index contributed by atoms with van der Waals surface area (Å²) in [4.78, 5) is 14.8. The Kier molecular flexibility index (Phi) is 4.51. The van der Waals surface area contributed by atoms with Gasteiger partial charge in [-0.25, -0.2) is 4.98 Å². The molecule has 0 spiro atoms. The third-order valence-electron chi connectivity index (χ3n) is 2.39. The summed E-state index contributed by atoms with van der Waals surface area (Å²) in [5.41, 5.74) is 4.76. The van der Waals surface area contributed by atoms with Gasteiger partial charge in [0, 0.05) is 18.3 Å². The third kappa shape index (κ3) is 3.66. The molecular weight excluding hydrogens is 283 g/mol. The number of nitrogens with two attached hydrogens (primary N) is 1. The number of hydrogen-bond donors (Lipinski definition) is 1. The number of ether oxygens (including phenoxy) is 1. The van der Waals surface area contributed by atoms with Crippen molar-refractivity contribution in [3.63, 3.8) is 0 Å². The summed E-state index contributed by atoms with van der Waals surface area (Å²) in [6.07, 6.45) is -4.64.